The normalized spacial score (nSPS) is 10.7. The lowest BCUT2D eigenvalue weighted by Crippen LogP contribution is -2.24. The van der Waals surface area contributed by atoms with Gasteiger partial charge in [0.05, 0.1) is 16.4 Å². The fraction of sp³-hybridized carbons (Fsp3) is 0.125. The number of nitro benzene ring substituents is 1. The molecule has 10 heteroatoms. The van der Waals surface area contributed by atoms with E-state index in [-0.39, 0.29) is 29.5 Å². The molecular formula is C16H12F2N2O5S. The van der Waals surface area contributed by atoms with E-state index < -0.39 is 26.6 Å². The van der Waals surface area contributed by atoms with Gasteiger partial charge in [0.25, 0.3) is 5.69 Å². The van der Waals surface area contributed by atoms with E-state index >= 15 is 0 Å². The van der Waals surface area contributed by atoms with Crippen LogP contribution in [-0.4, -0.2) is 26.5 Å². The lowest BCUT2D eigenvalue weighted by atomic mass is 10.3. The molecular weight excluding hydrogens is 370 g/mol. The number of hydrogen-bond acceptors (Lipinski definition) is 5. The minimum atomic E-state index is -3.87. The van der Waals surface area contributed by atoms with Gasteiger partial charge in [0.2, 0.25) is 10.0 Å². The summed E-state index contributed by atoms with van der Waals surface area (Å²) < 4.78 is 57.2. The van der Waals surface area contributed by atoms with E-state index in [2.05, 4.69) is 16.6 Å². The Morgan fingerprint density at radius 2 is 1.81 bits per heavy atom. The van der Waals surface area contributed by atoms with Crippen LogP contribution >= 0.6 is 0 Å². The summed E-state index contributed by atoms with van der Waals surface area (Å²) in [4.78, 5) is 9.76. The molecule has 2 aromatic rings. The number of nitrogens with one attached hydrogen (secondary N) is 1. The van der Waals surface area contributed by atoms with Crippen molar-refractivity contribution in [1.29, 1.82) is 0 Å². The number of sulfonamides is 1. The standard InChI is InChI=1S/C16H12F2N2O5S/c17-12-3-8-16(15(18)11-12)25-10-2-1-9-19-26(23,24)14-6-4-13(5-7-14)20(21)22/h3-8,11,19H,9-10H2. The van der Waals surface area contributed by atoms with Gasteiger partial charge in [0.15, 0.2) is 11.6 Å². The van der Waals surface area contributed by atoms with Crippen molar-refractivity contribution < 1.29 is 26.9 Å². The summed E-state index contributed by atoms with van der Waals surface area (Å²) in [7, 11) is -3.87. The van der Waals surface area contributed by atoms with Gasteiger partial charge in [-0.15, -0.1) is 0 Å². The van der Waals surface area contributed by atoms with Crippen molar-refractivity contribution in [2.24, 2.45) is 0 Å². The maximum atomic E-state index is 13.3. The van der Waals surface area contributed by atoms with Gasteiger partial charge in [-0.1, -0.05) is 11.8 Å². The summed E-state index contributed by atoms with van der Waals surface area (Å²) in [5.74, 6) is 3.17. The molecule has 0 unspecified atom stereocenters. The van der Waals surface area contributed by atoms with Crippen molar-refractivity contribution in [3.05, 3.63) is 64.2 Å². The van der Waals surface area contributed by atoms with E-state index in [1.807, 2.05) is 0 Å². The maximum absolute atomic E-state index is 13.3. The topological polar surface area (TPSA) is 98.5 Å². The zero-order chi connectivity index (χ0) is 19.2. The Morgan fingerprint density at radius 1 is 1.12 bits per heavy atom. The van der Waals surface area contributed by atoms with Gasteiger partial charge in [0.1, 0.15) is 12.4 Å². The van der Waals surface area contributed by atoms with Crippen LogP contribution in [0.4, 0.5) is 14.5 Å². The number of rotatable bonds is 6. The summed E-state index contributed by atoms with van der Waals surface area (Å²) in [6.07, 6.45) is 0. The first-order chi connectivity index (χ1) is 12.3. The highest BCUT2D eigenvalue weighted by atomic mass is 32.2. The molecule has 7 nitrogen and oxygen atoms in total. The minimum Gasteiger partial charge on any atom is -0.478 e. The average Bonchev–Trinajstić information content (AvgIpc) is 2.59. The summed E-state index contributed by atoms with van der Waals surface area (Å²) in [6, 6.07) is 7.17. The molecule has 0 aliphatic rings. The first-order valence-electron chi connectivity index (χ1n) is 7.07. The largest absolute Gasteiger partial charge is 0.478 e. The first-order valence-corrected chi connectivity index (χ1v) is 8.55. The number of ether oxygens (including phenoxy) is 1. The summed E-state index contributed by atoms with van der Waals surface area (Å²) in [5, 5.41) is 10.5. The number of nitrogens with zero attached hydrogens (tertiary/aromatic N) is 1. The molecule has 136 valence electrons. The van der Waals surface area contributed by atoms with Crippen LogP contribution in [0.2, 0.25) is 0 Å². The highest BCUT2D eigenvalue weighted by Crippen LogP contribution is 2.17. The van der Waals surface area contributed by atoms with Gasteiger partial charge in [-0.05, 0) is 24.3 Å². The lowest BCUT2D eigenvalue weighted by Gasteiger charge is -2.04. The molecule has 26 heavy (non-hydrogen) atoms. The van der Waals surface area contributed by atoms with E-state index in [9.17, 15) is 27.3 Å². The third kappa shape index (κ3) is 5.23. The molecule has 0 bridgehead atoms. The molecule has 0 saturated heterocycles. The maximum Gasteiger partial charge on any atom is 0.269 e. The lowest BCUT2D eigenvalue weighted by molar-refractivity contribution is -0.384. The Labute approximate surface area is 147 Å². The molecule has 0 saturated carbocycles. The molecule has 0 aliphatic carbocycles. The van der Waals surface area contributed by atoms with Crippen LogP contribution in [0.1, 0.15) is 0 Å². The van der Waals surface area contributed by atoms with Crippen LogP contribution in [0.3, 0.4) is 0 Å². The second kappa shape index (κ2) is 8.37. The fourth-order valence-electron chi connectivity index (χ4n) is 1.78. The Kier molecular flexibility index (Phi) is 6.21. The predicted octanol–water partition coefficient (Wildman–Crippen LogP) is 2.23. The molecule has 0 atom stereocenters. The second-order valence-electron chi connectivity index (χ2n) is 4.79. The monoisotopic (exact) mass is 382 g/mol. The molecule has 0 spiro atoms. The quantitative estimate of drug-likeness (QED) is 0.469. The van der Waals surface area contributed by atoms with E-state index in [0.717, 1.165) is 36.4 Å². The zero-order valence-electron chi connectivity index (χ0n) is 13.1. The molecule has 0 amide bonds. The molecule has 2 rings (SSSR count). The minimum absolute atomic E-state index is 0.144. The number of benzene rings is 2. The first kappa shape index (κ1) is 19.3. The Hall–Kier alpha value is -3.03. The van der Waals surface area contributed by atoms with Crippen LogP contribution in [0, 0.1) is 33.6 Å². The van der Waals surface area contributed by atoms with E-state index in [1.54, 1.807) is 0 Å². The highest BCUT2D eigenvalue weighted by molar-refractivity contribution is 7.89. The number of halogens is 2. The van der Waals surface area contributed by atoms with Gasteiger partial charge < -0.3 is 4.74 Å². The van der Waals surface area contributed by atoms with Crippen molar-refractivity contribution in [3.63, 3.8) is 0 Å². The molecule has 0 aliphatic heterocycles. The van der Waals surface area contributed by atoms with Crippen molar-refractivity contribution >= 4 is 15.7 Å². The van der Waals surface area contributed by atoms with E-state index in [1.165, 1.54) is 0 Å². The summed E-state index contributed by atoms with van der Waals surface area (Å²) >= 11 is 0. The van der Waals surface area contributed by atoms with Crippen molar-refractivity contribution in [3.8, 4) is 17.6 Å². The SMILES string of the molecule is O=[N+]([O-])c1ccc(S(=O)(=O)NCC#CCOc2ccc(F)cc2F)cc1. The highest BCUT2D eigenvalue weighted by Gasteiger charge is 2.14. The summed E-state index contributed by atoms with van der Waals surface area (Å²) in [6.45, 7) is -0.462. The van der Waals surface area contributed by atoms with Gasteiger partial charge in [-0.25, -0.2) is 17.2 Å². The van der Waals surface area contributed by atoms with E-state index in [4.69, 9.17) is 4.74 Å². The third-order valence-electron chi connectivity index (χ3n) is 3.03. The molecule has 0 radical (unpaired) electrons. The Morgan fingerprint density at radius 3 is 2.42 bits per heavy atom. The Bertz CT molecular complexity index is 966. The smallest absolute Gasteiger partial charge is 0.269 e. The number of hydrogen-bond donors (Lipinski definition) is 1. The summed E-state index contributed by atoms with van der Waals surface area (Å²) in [5.41, 5.74) is -0.228. The van der Waals surface area contributed by atoms with Crippen LogP contribution in [-0.2, 0) is 10.0 Å². The second-order valence-corrected chi connectivity index (χ2v) is 6.56. The average molecular weight is 382 g/mol. The van der Waals surface area contributed by atoms with Crippen LogP contribution in [0.5, 0.6) is 5.75 Å². The number of nitro groups is 1. The van der Waals surface area contributed by atoms with Gasteiger partial charge >= 0.3 is 0 Å². The molecule has 0 heterocycles. The van der Waals surface area contributed by atoms with Crippen molar-refractivity contribution in [2.45, 2.75) is 4.90 Å². The molecule has 0 fully saturated rings. The predicted molar refractivity (Wildman–Crippen MR) is 87.9 cm³/mol. The number of non-ortho nitro benzene ring substituents is 1. The zero-order valence-corrected chi connectivity index (χ0v) is 13.9. The van der Waals surface area contributed by atoms with Crippen LogP contribution in [0.25, 0.3) is 0 Å². The van der Waals surface area contributed by atoms with Crippen molar-refractivity contribution in [2.75, 3.05) is 13.2 Å². The van der Waals surface area contributed by atoms with Gasteiger partial charge in [0, 0.05) is 18.2 Å². The Balaban J connectivity index is 1.87. The van der Waals surface area contributed by atoms with Crippen LogP contribution < -0.4 is 9.46 Å². The fourth-order valence-corrected chi connectivity index (χ4v) is 2.70. The molecule has 0 aromatic heterocycles. The van der Waals surface area contributed by atoms with E-state index in [0.29, 0.717) is 6.07 Å². The third-order valence-corrected chi connectivity index (χ3v) is 4.44. The van der Waals surface area contributed by atoms with Crippen LogP contribution in [0.15, 0.2) is 47.4 Å². The van der Waals surface area contributed by atoms with Gasteiger partial charge in [-0.2, -0.15) is 4.72 Å². The van der Waals surface area contributed by atoms with Gasteiger partial charge in [-0.3, -0.25) is 10.1 Å². The molecule has 1 N–H and O–H groups in total. The molecule has 2 aromatic carbocycles. The van der Waals surface area contributed by atoms with Crippen molar-refractivity contribution in [1.82, 2.24) is 4.72 Å².